The molecule has 1 aliphatic heterocycles. The summed E-state index contributed by atoms with van der Waals surface area (Å²) in [4.78, 5) is 11.1. The molecule has 0 N–H and O–H groups in total. The van der Waals surface area contributed by atoms with Gasteiger partial charge in [0.25, 0.3) is 0 Å². The van der Waals surface area contributed by atoms with Crippen molar-refractivity contribution in [2.24, 2.45) is 0 Å². The first kappa shape index (κ1) is 16.9. The fourth-order valence-corrected chi connectivity index (χ4v) is 4.25. The molecule has 6 nitrogen and oxygen atoms in total. The first-order valence-corrected chi connectivity index (χ1v) is 9.56. The Morgan fingerprint density at radius 1 is 1.08 bits per heavy atom. The minimum absolute atomic E-state index is 0.442. The van der Waals surface area contributed by atoms with E-state index in [4.69, 9.17) is 4.74 Å². The average Bonchev–Trinajstić information content (AvgIpc) is 3.19. The summed E-state index contributed by atoms with van der Waals surface area (Å²) >= 11 is 1.67. The molecule has 1 saturated heterocycles. The summed E-state index contributed by atoms with van der Waals surface area (Å²) in [6.07, 6.45) is 5.83. The normalized spacial score (nSPS) is 15.2. The fraction of sp³-hybridized carbons (Fsp3) is 0.368. The van der Waals surface area contributed by atoms with Gasteiger partial charge in [0.15, 0.2) is 5.01 Å². The van der Waals surface area contributed by atoms with Gasteiger partial charge in [-0.15, -0.1) is 10.2 Å². The number of anilines is 1. The van der Waals surface area contributed by atoms with Gasteiger partial charge in [0.1, 0.15) is 10.8 Å². The predicted molar refractivity (Wildman–Crippen MR) is 103 cm³/mol. The predicted octanol–water partition coefficient (Wildman–Crippen LogP) is 3.70. The molecule has 0 bridgehead atoms. The number of hydrogen-bond donors (Lipinski definition) is 0. The Morgan fingerprint density at radius 3 is 2.54 bits per heavy atom. The van der Waals surface area contributed by atoms with Gasteiger partial charge in [0.2, 0.25) is 5.95 Å². The second kappa shape index (κ2) is 7.37. The lowest BCUT2D eigenvalue weighted by atomic mass is 9.98. The van der Waals surface area contributed by atoms with Crippen LogP contribution in [0, 0.1) is 6.92 Å². The molecule has 0 radical (unpaired) electrons. The summed E-state index contributed by atoms with van der Waals surface area (Å²) in [7, 11) is 1.68. The van der Waals surface area contributed by atoms with Gasteiger partial charge in [-0.1, -0.05) is 23.5 Å². The van der Waals surface area contributed by atoms with E-state index in [-0.39, 0.29) is 0 Å². The Hall–Kier alpha value is -2.54. The molecule has 0 unspecified atom stereocenters. The third-order valence-electron chi connectivity index (χ3n) is 4.67. The number of aryl methyl sites for hydroxylation is 1. The van der Waals surface area contributed by atoms with E-state index in [0.717, 1.165) is 58.8 Å². The van der Waals surface area contributed by atoms with Gasteiger partial charge in [-0.25, -0.2) is 9.97 Å². The fourth-order valence-electron chi connectivity index (χ4n) is 3.21. The standard InChI is InChI=1S/C19H21N5OS/c1-13-11-20-19(21-12-13)24-9-7-14(8-10-24)17-22-23-18(26-17)15-5-3-4-6-16(15)25-2/h3-6,11-12,14H,7-10H2,1-2H3. The van der Waals surface area contributed by atoms with E-state index in [1.807, 2.05) is 43.6 Å². The summed E-state index contributed by atoms with van der Waals surface area (Å²) in [5.74, 6) is 2.10. The molecule has 0 spiro atoms. The molecule has 0 aliphatic carbocycles. The van der Waals surface area contributed by atoms with Gasteiger partial charge in [0, 0.05) is 31.4 Å². The van der Waals surface area contributed by atoms with Crippen molar-refractivity contribution in [2.45, 2.75) is 25.7 Å². The van der Waals surface area contributed by atoms with Crippen LogP contribution in [0.3, 0.4) is 0 Å². The highest BCUT2D eigenvalue weighted by molar-refractivity contribution is 7.14. The van der Waals surface area contributed by atoms with Crippen LogP contribution in [0.15, 0.2) is 36.7 Å². The van der Waals surface area contributed by atoms with Crippen molar-refractivity contribution < 1.29 is 4.74 Å². The maximum atomic E-state index is 5.44. The van der Waals surface area contributed by atoms with Crippen LogP contribution >= 0.6 is 11.3 Å². The van der Waals surface area contributed by atoms with Crippen LogP contribution in [0.4, 0.5) is 5.95 Å². The molecule has 7 heteroatoms. The lowest BCUT2D eigenvalue weighted by Crippen LogP contribution is -2.34. The number of hydrogen-bond acceptors (Lipinski definition) is 7. The zero-order chi connectivity index (χ0) is 17.9. The SMILES string of the molecule is COc1ccccc1-c1nnc(C2CCN(c3ncc(C)cn3)CC2)s1. The zero-order valence-corrected chi connectivity index (χ0v) is 15.7. The maximum Gasteiger partial charge on any atom is 0.225 e. The summed E-state index contributed by atoms with van der Waals surface area (Å²) in [6, 6.07) is 7.95. The molecular weight excluding hydrogens is 346 g/mol. The van der Waals surface area contributed by atoms with Crippen molar-refractivity contribution >= 4 is 17.3 Å². The Bertz CT molecular complexity index is 872. The Labute approximate surface area is 156 Å². The molecule has 26 heavy (non-hydrogen) atoms. The molecule has 0 atom stereocenters. The number of ether oxygens (including phenoxy) is 1. The van der Waals surface area contributed by atoms with Crippen molar-refractivity contribution in [3.63, 3.8) is 0 Å². The molecule has 3 heterocycles. The monoisotopic (exact) mass is 367 g/mol. The van der Waals surface area contributed by atoms with Crippen molar-refractivity contribution in [1.82, 2.24) is 20.2 Å². The molecule has 1 aromatic carbocycles. The average molecular weight is 367 g/mol. The van der Waals surface area contributed by atoms with Crippen molar-refractivity contribution in [1.29, 1.82) is 0 Å². The van der Waals surface area contributed by atoms with E-state index in [2.05, 4.69) is 25.1 Å². The minimum Gasteiger partial charge on any atom is -0.496 e. The third-order valence-corrected chi connectivity index (χ3v) is 5.79. The first-order chi connectivity index (χ1) is 12.7. The summed E-state index contributed by atoms with van der Waals surface area (Å²) in [6.45, 7) is 3.89. The number of nitrogens with zero attached hydrogens (tertiary/aromatic N) is 5. The van der Waals surface area contributed by atoms with Crippen LogP contribution in [-0.2, 0) is 0 Å². The van der Waals surface area contributed by atoms with Gasteiger partial charge < -0.3 is 9.64 Å². The van der Waals surface area contributed by atoms with E-state index < -0.39 is 0 Å². The van der Waals surface area contributed by atoms with Crippen LogP contribution in [0.5, 0.6) is 5.75 Å². The van der Waals surface area contributed by atoms with Gasteiger partial charge >= 0.3 is 0 Å². The molecule has 134 valence electrons. The quantitative estimate of drug-likeness (QED) is 0.701. The minimum atomic E-state index is 0.442. The second-order valence-corrected chi connectivity index (χ2v) is 7.48. The van der Waals surface area contributed by atoms with E-state index in [1.54, 1.807) is 18.4 Å². The molecule has 1 aliphatic rings. The largest absolute Gasteiger partial charge is 0.496 e. The van der Waals surface area contributed by atoms with Crippen LogP contribution in [0.1, 0.15) is 29.3 Å². The van der Waals surface area contributed by atoms with Gasteiger partial charge in [-0.3, -0.25) is 0 Å². The topological polar surface area (TPSA) is 64.0 Å². The summed E-state index contributed by atoms with van der Waals surface area (Å²) in [5.41, 5.74) is 2.09. The van der Waals surface area contributed by atoms with Crippen LogP contribution < -0.4 is 9.64 Å². The van der Waals surface area contributed by atoms with Gasteiger partial charge in [0.05, 0.1) is 12.7 Å². The van der Waals surface area contributed by atoms with Crippen molar-refractivity contribution in [3.05, 3.63) is 47.2 Å². The van der Waals surface area contributed by atoms with Gasteiger partial charge in [-0.05, 0) is 37.5 Å². The zero-order valence-electron chi connectivity index (χ0n) is 14.9. The third kappa shape index (κ3) is 3.39. The molecule has 1 fully saturated rings. The lowest BCUT2D eigenvalue weighted by Gasteiger charge is -2.30. The van der Waals surface area contributed by atoms with Crippen molar-refractivity contribution in [2.75, 3.05) is 25.1 Å². The number of piperidine rings is 1. The smallest absolute Gasteiger partial charge is 0.225 e. The number of para-hydroxylation sites is 1. The highest BCUT2D eigenvalue weighted by Crippen LogP contribution is 2.36. The molecular formula is C19H21N5OS. The van der Waals surface area contributed by atoms with E-state index >= 15 is 0 Å². The molecule has 0 amide bonds. The van der Waals surface area contributed by atoms with Crippen LogP contribution in [0.2, 0.25) is 0 Å². The van der Waals surface area contributed by atoms with E-state index in [0.29, 0.717) is 5.92 Å². The van der Waals surface area contributed by atoms with E-state index in [1.165, 1.54) is 0 Å². The molecule has 2 aromatic heterocycles. The second-order valence-electron chi connectivity index (χ2n) is 6.47. The van der Waals surface area contributed by atoms with Crippen molar-refractivity contribution in [3.8, 4) is 16.3 Å². The highest BCUT2D eigenvalue weighted by Gasteiger charge is 2.25. The van der Waals surface area contributed by atoms with Crippen LogP contribution in [0.25, 0.3) is 10.6 Å². The Kier molecular flexibility index (Phi) is 4.79. The highest BCUT2D eigenvalue weighted by atomic mass is 32.1. The Balaban J connectivity index is 1.45. The number of aromatic nitrogens is 4. The first-order valence-electron chi connectivity index (χ1n) is 8.75. The summed E-state index contributed by atoms with van der Waals surface area (Å²) in [5, 5.41) is 10.9. The molecule has 3 aromatic rings. The lowest BCUT2D eigenvalue weighted by molar-refractivity contribution is 0.416. The van der Waals surface area contributed by atoms with E-state index in [9.17, 15) is 0 Å². The van der Waals surface area contributed by atoms with Gasteiger partial charge in [-0.2, -0.15) is 0 Å². The number of benzene rings is 1. The molecule has 4 rings (SSSR count). The molecule has 0 saturated carbocycles. The number of methoxy groups -OCH3 is 1. The Morgan fingerprint density at radius 2 is 1.81 bits per heavy atom. The van der Waals surface area contributed by atoms with Crippen LogP contribution in [-0.4, -0.2) is 40.4 Å². The summed E-state index contributed by atoms with van der Waals surface area (Å²) < 4.78 is 5.44. The number of rotatable bonds is 4. The maximum absolute atomic E-state index is 5.44.